The number of fused-ring (bicyclic) bond motifs is 1. The maximum atomic E-state index is 13.6. The number of hydrazone groups is 1. The minimum Gasteiger partial charge on any atom is -0.495 e. The SMILES string of the molecule is COC(=O)C(/C(=N/NC(=O)c1ccncc1)C(=O)Nc1ccccc1OC)c1nc2ccc(Cl)cc2[nH]c1=O. The average Bonchev–Trinajstić information content (AvgIpc) is 2.95. The molecule has 4 aromatic rings. The molecule has 2 aromatic heterocycles. The number of hydrogen-bond donors (Lipinski definition) is 3. The van der Waals surface area contributed by atoms with E-state index in [9.17, 15) is 19.2 Å². The van der Waals surface area contributed by atoms with Crippen LogP contribution in [0, 0.1) is 0 Å². The van der Waals surface area contributed by atoms with Crippen LogP contribution >= 0.6 is 11.6 Å². The number of esters is 1. The van der Waals surface area contributed by atoms with Gasteiger partial charge in [-0.25, -0.2) is 10.4 Å². The highest BCUT2D eigenvalue weighted by Crippen LogP contribution is 2.25. The molecule has 0 saturated heterocycles. The molecule has 2 amide bonds. The molecule has 198 valence electrons. The molecule has 12 nitrogen and oxygen atoms in total. The van der Waals surface area contributed by atoms with Gasteiger partial charge in [-0.15, -0.1) is 0 Å². The van der Waals surface area contributed by atoms with E-state index in [-0.39, 0.29) is 22.5 Å². The summed E-state index contributed by atoms with van der Waals surface area (Å²) in [6.07, 6.45) is 2.80. The first-order valence-electron chi connectivity index (χ1n) is 11.3. The first-order chi connectivity index (χ1) is 18.8. The lowest BCUT2D eigenvalue weighted by Gasteiger charge is -2.17. The molecule has 0 fully saturated rings. The van der Waals surface area contributed by atoms with Crippen molar-refractivity contribution < 1.29 is 23.9 Å². The van der Waals surface area contributed by atoms with Gasteiger partial charge in [-0.1, -0.05) is 23.7 Å². The number of carbonyl (C=O) groups excluding carboxylic acids is 3. The normalized spacial score (nSPS) is 11.9. The largest absolute Gasteiger partial charge is 0.495 e. The number of pyridine rings is 1. The van der Waals surface area contributed by atoms with Gasteiger partial charge in [-0.05, 0) is 42.5 Å². The van der Waals surface area contributed by atoms with Gasteiger partial charge >= 0.3 is 5.97 Å². The van der Waals surface area contributed by atoms with Crippen molar-refractivity contribution in [1.82, 2.24) is 20.4 Å². The number of para-hydroxylation sites is 2. The van der Waals surface area contributed by atoms with Gasteiger partial charge in [-0.3, -0.25) is 24.2 Å². The van der Waals surface area contributed by atoms with Crippen LogP contribution in [0.2, 0.25) is 5.02 Å². The van der Waals surface area contributed by atoms with Crippen LogP contribution in [0.4, 0.5) is 5.69 Å². The number of nitrogens with zero attached hydrogens (tertiary/aromatic N) is 3. The van der Waals surface area contributed by atoms with Crippen molar-refractivity contribution in [2.24, 2.45) is 5.10 Å². The molecule has 1 unspecified atom stereocenters. The van der Waals surface area contributed by atoms with Crippen LogP contribution in [-0.2, 0) is 14.3 Å². The predicted molar refractivity (Wildman–Crippen MR) is 143 cm³/mol. The van der Waals surface area contributed by atoms with E-state index in [0.717, 1.165) is 7.11 Å². The number of anilines is 1. The maximum absolute atomic E-state index is 13.6. The van der Waals surface area contributed by atoms with Gasteiger partial charge in [0, 0.05) is 23.0 Å². The Morgan fingerprint density at radius 3 is 2.51 bits per heavy atom. The molecule has 3 N–H and O–H groups in total. The summed E-state index contributed by atoms with van der Waals surface area (Å²) in [7, 11) is 2.49. The fraction of sp³-hybridized carbons (Fsp3) is 0.115. The van der Waals surface area contributed by atoms with E-state index < -0.39 is 35.0 Å². The average molecular weight is 549 g/mol. The Hall–Kier alpha value is -5.10. The third kappa shape index (κ3) is 6.08. The topological polar surface area (TPSA) is 165 Å². The lowest BCUT2D eigenvalue weighted by Crippen LogP contribution is -2.39. The van der Waals surface area contributed by atoms with Gasteiger partial charge in [0.15, 0.2) is 5.92 Å². The van der Waals surface area contributed by atoms with Crippen LogP contribution in [0.5, 0.6) is 5.75 Å². The Bertz CT molecular complexity index is 1640. The summed E-state index contributed by atoms with van der Waals surface area (Å²) in [5, 5.41) is 6.91. The fourth-order valence-electron chi connectivity index (χ4n) is 3.60. The second kappa shape index (κ2) is 12.0. The molecule has 39 heavy (non-hydrogen) atoms. The third-order valence-electron chi connectivity index (χ3n) is 5.47. The highest BCUT2D eigenvalue weighted by molar-refractivity contribution is 6.48. The number of amides is 2. The summed E-state index contributed by atoms with van der Waals surface area (Å²) in [6, 6.07) is 13.9. The second-order valence-corrected chi connectivity index (χ2v) is 8.33. The molecule has 0 spiro atoms. The zero-order chi connectivity index (χ0) is 27.9. The standard InChI is InChI=1S/C26H21ClN6O6/c1-38-19-6-4-3-5-17(19)30-25(36)22(32-33-23(34)14-9-11-28-12-10-14)20(26(37)39-2)21-24(35)31-18-13-15(27)7-8-16(18)29-21/h3-13,20H,1-2H3,(H,30,36)(H,31,35)(H,33,34)/b32-22-. The van der Waals surface area contributed by atoms with Gasteiger partial charge in [0.1, 0.15) is 17.2 Å². The van der Waals surface area contributed by atoms with Gasteiger partial charge < -0.3 is 19.8 Å². The number of carbonyl (C=O) groups is 3. The second-order valence-electron chi connectivity index (χ2n) is 7.90. The first kappa shape index (κ1) is 26.9. The molecule has 0 aliphatic heterocycles. The molecule has 0 aliphatic rings. The number of halogens is 1. The molecule has 0 saturated carbocycles. The van der Waals surface area contributed by atoms with Crippen LogP contribution < -0.4 is 21.0 Å². The molecule has 0 bridgehead atoms. The summed E-state index contributed by atoms with van der Waals surface area (Å²) in [5.41, 5.74) is 1.53. The number of methoxy groups -OCH3 is 2. The zero-order valence-corrected chi connectivity index (χ0v) is 21.4. The van der Waals surface area contributed by atoms with Crippen LogP contribution in [0.1, 0.15) is 22.0 Å². The van der Waals surface area contributed by atoms with Gasteiger partial charge in [-0.2, -0.15) is 5.10 Å². The number of ether oxygens (including phenoxy) is 2. The highest BCUT2D eigenvalue weighted by Gasteiger charge is 2.36. The molecule has 4 rings (SSSR count). The third-order valence-corrected chi connectivity index (χ3v) is 5.71. The summed E-state index contributed by atoms with van der Waals surface area (Å²) >= 11 is 6.01. The van der Waals surface area contributed by atoms with Crippen molar-refractivity contribution in [3.8, 4) is 5.75 Å². The summed E-state index contributed by atoms with van der Waals surface area (Å²) in [5.74, 6) is -4.06. The monoisotopic (exact) mass is 548 g/mol. The Labute approximate surface area is 226 Å². The summed E-state index contributed by atoms with van der Waals surface area (Å²) < 4.78 is 10.2. The van der Waals surface area contributed by atoms with E-state index in [1.54, 1.807) is 30.3 Å². The lowest BCUT2D eigenvalue weighted by molar-refractivity contribution is -0.141. The van der Waals surface area contributed by atoms with Crippen LogP contribution in [0.3, 0.4) is 0 Å². The zero-order valence-electron chi connectivity index (χ0n) is 20.6. The summed E-state index contributed by atoms with van der Waals surface area (Å²) in [4.78, 5) is 63.1. The highest BCUT2D eigenvalue weighted by atomic mass is 35.5. The molecular formula is C26H21ClN6O6. The minimum absolute atomic E-state index is 0.186. The van der Waals surface area contributed by atoms with Crippen molar-refractivity contribution in [3.05, 3.63) is 93.6 Å². The molecular weight excluding hydrogens is 528 g/mol. The Morgan fingerprint density at radius 1 is 1.05 bits per heavy atom. The number of aromatic amines is 1. The number of hydrogen-bond acceptors (Lipinski definition) is 9. The van der Waals surface area contributed by atoms with Crippen LogP contribution in [0.25, 0.3) is 11.0 Å². The molecule has 0 radical (unpaired) electrons. The molecule has 0 aliphatic carbocycles. The molecule has 2 aromatic carbocycles. The smallest absolute Gasteiger partial charge is 0.321 e. The van der Waals surface area contributed by atoms with E-state index in [1.807, 2.05) is 0 Å². The molecule has 13 heteroatoms. The van der Waals surface area contributed by atoms with E-state index in [2.05, 4.69) is 30.8 Å². The van der Waals surface area contributed by atoms with Crippen molar-refractivity contribution >= 4 is 51.8 Å². The van der Waals surface area contributed by atoms with E-state index in [1.165, 1.54) is 43.8 Å². The van der Waals surface area contributed by atoms with E-state index in [4.69, 9.17) is 21.1 Å². The number of nitrogens with one attached hydrogen (secondary N) is 3. The van der Waals surface area contributed by atoms with E-state index in [0.29, 0.717) is 16.3 Å². The van der Waals surface area contributed by atoms with Crippen molar-refractivity contribution in [2.45, 2.75) is 5.92 Å². The Morgan fingerprint density at radius 2 is 1.79 bits per heavy atom. The van der Waals surface area contributed by atoms with E-state index >= 15 is 0 Å². The van der Waals surface area contributed by atoms with Crippen molar-refractivity contribution in [2.75, 3.05) is 19.5 Å². The van der Waals surface area contributed by atoms with Gasteiger partial charge in [0.25, 0.3) is 17.4 Å². The first-order valence-corrected chi connectivity index (χ1v) is 11.7. The lowest BCUT2D eigenvalue weighted by atomic mass is 9.98. The van der Waals surface area contributed by atoms with Gasteiger partial charge in [0.05, 0.1) is 30.9 Å². The fourth-order valence-corrected chi connectivity index (χ4v) is 3.77. The number of aromatic nitrogens is 3. The Balaban J connectivity index is 1.84. The molecule has 2 heterocycles. The maximum Gasteiger partial charge on any atom is 0.321 e. The quantitative estimate of drug-likeness (QED) is 0.172. The number of benzene rings is 2. The number of rotatable bonds is 8. The van der Waals surface area contributed by atoms with Crippen LogP contribution in [0.15, 0.2) is 76.9 Å². The predicted octanol–water partition coefficient (Wildman–Crippen LogP) is 2.66. The molecule has 1 atom stereocenters. The van der Waals surface area contributed by atoms with Crippen molar-refractivity contribution in [1.29, 1.82) is 0 Å². The summed E-state index contributed by atoms with van der Waals surface area (Å²) in [6.45, 7) is 0. The van der Waals surface area contributed by atoms with Crippen LogP contribution in [-0.4, -0.2) is 52.7 Å². The minimum atomic E-state index is -1.73. The number of H-pyrrole nitrogens is 1. The Kier molecular flexibility index (Phi) is 8.27. The van der Waals surface area contributed by atoms with Crippen molar-refractivity contribution in [3.63, 3.8) is 0 Å². The van der Waals surface area contributed by atoms with Gasteiger partial charge in [0.2, 0.25) is 0 Å².